The lowest BCUT2D eigenvalue weighted by molar-refractivity contribution is -0.111. The van der Waals surface area contributed by atoms with Crippen molar-refractivity contribution in [2.24, 2.45) is 0 Å². The van der Waals surface area contributed by atoms with Crippen molar-refractivity contribution in [3.05, 3.63) is 65.6 Å². The number of carbonyl (C=O) groups is 1. The Balaban J connectivity index is 1.43. The summed E-state index contributed by atoms with van der Waals surface area (Å²) in [6, 6.07) is 13.7. The van der Waals surface area contributed by atoms with Crippen LogP contribution in [0, 0.1) is 0 Å². The van der Waals surface area contributed by atoms with Crippen molar-refractivity contribution in [3.63, 3.8) is 0 Å². The number of imidazole rings is 1. The highest BCUT2D eigenvalue weighted by molar-refractivity contribution is 6.31. The van der Waals surface area contributed by atoms with E-state index >= 15 is 0 Å². The minimum Gasteiger partial charge on any atom is -0.372 e. The van der Waals surface area contributed by atoms with Crippen LogP contribution in [0.15, 0.2) is 54.7 Å². The number of hydrogen-bond donors (Lipinski definition) is 1. The molecule has 3 aromatic rings. The van der Waals surface area contributed by atoms with Crippen LogP contribution >= 0.6 is 11.6 Å². The molecule has 0 bridgehead atoms. The van der Waals surface area contributed by atoms with Crippen LogP contribution in [0.4, 0.5) is 11.4 Å². The van der Waals surface area contributed by atoms with Crippen molar-refractivity contribution in [1.29, 1.82) is 0 Å². The average Bonchev–Trinajstić information content (AvgIpc) is 3.03. The molecule has 3 heterocycles. The molecule has 0 aliphatic carbocycles. The second-order valence-corrected chi connectivity index (χ2v) is 6.99. The van der Waals surface area contributed by atoms with Gasteiger partial charge in [-0.1, -0.05) is 17.7 Å². The highest BCUT2D eigenvalue weighted by Gasteiger charge is 2.11. The quantitative estimate of drug-likeness (QED) is 0.671. The molecule has 1 aliphatic heterocycles. The van der Waals surface area contributed by atoms with Gasteiger partial charge in [0.05, 0.1) is 5.69 Å². The highest BCUT2D eigenvalue weighted by Crippen LogP contribution is 2.22. The number of benzene rings is 1. The van der Waals surface area contributed by atoms with Crippen LogP contribution in [-0.2, 0) is 4.79 Å². The van der Waals surface area contributed by atoms with E-state index in [1.54, 1.807) is 6.08 Å². The lowest BCUT2D eigenvalue weighted by Crippen LogP contribution is -2.29. The van der Waals surface area contributed by atoms with Gasteiger partial charge in [-0.3, -0.25) is 9.20 Å². The number of fused-ring (bicyclic) bond motifs is 1. The molecular formula is C21H21ClN4O. The Morgan fingerprint density at radius 2 is 1.85 bits per heavy atom. The SMILES string of the molecule is O=C(/C=C/c1c(Cl)nc2ccccn12)Nc1ccc(N2CCCCC2)cc1. The largest absolute Gasteiger partial charge is 0.372 e. The standard InChI is InChI=1S/C21H21ClN4O/c22-21-18(26-15-5-2-6-19(26)24-21)11-12-20(27)23-16-7-9-17(10-8-16)25-13-3-1-4-14-25/h2,5-12,15H,1,3-4,13-14H2,(H,23,27)/b12-11+. The highest BCUT2D eigenvalue weighted by atomic mass is 35.5. The molecule has 138 valence electrons. The Morgan fingerprint density at radius 1 is 1.07 bits per heavy atom. The number of rotatable bonds is 4. The van der Waals surface area contributed by atoms with E-state index < -0.39 is 0 Å². The number of aromatic nitrogens is 2. The van der Waals surface area contributed by atoms with E-state index in [0.29, 0.717) is 10.8 Å². The van der Waals surface area contributed by atoms with E-state index in [1.807, 2.05) is 40.9 Å². The topological polar surface area (TPSA) is 49.6 Å². The molecular weight excluding hydrogens is 360 g/mol. The van der Waals surface area contributed by atoms with Crippen molar-refractivity contribution in [2.45, 2.75) is 19.3 Å². The van der Waals surface area contributed by atoms with Gasteiger partial charge in [0.1, 0.15) is 5.65 Å². The Morgan fingerprint density at radius 3 is 2.63 bits per heavy atom. The minimum absolute atomic E-state index is 0.206. The first-order valence-corrected chi connectivity index (χ1v) is 9.55. The summed E-state index contributed by atoms with van der Waals surface area (Å²) in [6.07, 6.45) is 8.82. The third-order valence-electron chi connectivity index (χ3n) is 4.77. The number of pyridine rings is 1. The van der Waals surface area contributed by atoms with E-state index in [-0.39, 0.29) is 5.91 Å². The summed E-state index contributed by atoms with van der Waals surface area (Å²) >= 11 is 6.18. The smallest absolute Gasteiger partial charge is 0.248 e. The predicted molar refractivity (Wildman–Crippen MR) is 110 cm³/mol. The van der Waals surface area contributed by atoms with Gasteiger partial charge in [0.2, 0.25) is 5.91 Å². The van der Waals surface area contributed by atoms with Crippen molar-refractivity contribution >= 4 is 40.6 Å². The fourth-order valence-corrected chi connectivity index (χ4v) is 3.62. The zero-order chi connectivity index (χ0) is 18.6. The van der Waals surface area contributed by atoms with E-state index in [2.05, 4.69) is 27.3 Å². The van der Waals surface area contributed by atoms with Crippen LogP contribution in [0.3, 0.4) is 0 Å². The lowest BCUT2D eigenvalue weighted by Gasteiger charge is -2.28. The first-order chi connectivity index (χ1) is 13.2. The van der Waals surface area contributed by atoms with Crippen LogP contribution in [0.25, 0.3) is 11.7 Å². The zero-order valence-corrected chi connectivity index (χ0v) is 15.7. The Hall–Kier alpha value is -2.79. The molecule has 1 fully saturated rings. The Bertz CT molecular complexity index is 972. The van der Waals surface area contributed by atoms with Gasteiger partial charge in [-0.2, -0.15) is 0 Å². The van der Waals surface area contributed by atoms with Gasteiger partial charge in [0, 0.05) is 36.7 Å². The second-order valence-electron chi connectivity index (χ2n) is 6.63. The van der Waals surface area contributed by atoms with Crippen molar-refractivity contribution in [2.75, 3.05) is 23.3 Å². The molecule has 27 heavy (non-hydrogen) atoms. The second kappa shape index (κ2) is 7.84. The number of nitrogens with zero attached hydrogens (tertiary/aromatic N) is 3. The average molecular weight is 381 g/mol. The van der Waals surface area contributed by atoms with Crippen molar-refractivity contribution in [3.8, 4) is 0 Å². The molecule has 0 spiro atoms. The lowest BCUT2D eigenvalue weighted by atomic mass is 10.1. The minimum atomic E-state index is -0.206. The summed E-state index contributed by atoms with van der Waals surface area (Å²) in [7, 11) is 0. The Labute approximate surface area is 163 Å². The molecule has 0 atom stereocenters. The molecule has 2 aromatic heterocycles. The number of anilines is 2. The third kappa shape index (κ3) is 3.98. The molecule has 1 N–H and O–H groups in total. The van der Waals surface area contributed by atoms with Gasteiger partial charge in [-0.15, -0.1) is 0 Å². The number of amides is 1. The van der Waals surface area contributed by atoms with E-state index in [4.69, 9.17) is 11.6 Å². The number of carbonyl (C=O) groups excluding carboxylic acids is 1. The van der Waals surface area contributed by atoms with Gasteiger partial charge in [0.25, 0.3) is 0 Å². The van der Waals surface area contributed by atoms with Crippen LogP contribution < -0.4 is 10.2 Å². The van der Waals surface area contributed by atoms with Gasteiger partial charge in [0.15, 0.2) is 5.15 Å². The summed E-state index contributed by atoms with van der Waals surface area (Å²) in [6.45, 7) is 2.21. The van der Waals surface area contributed by atoms with Crippen molar-refractivity contribution in [1.82, 2.24) is 9.38 Å². The molecule has 1 saturated heterocycles. The maximum absolute atomic E-state index is 12.3. The maximum atomic E-state index is 12.3. The molecule has 0 saturated carbocycles. The van der Waals surface area contributed by atoms with Gasteiger partial charge in [-0.25, -0.2) is 4.98 Å². The first-order valence-electron chi connectivity index (χ1n) is 9.17. The van der Waals surface area contributed by atoms with E-state index in [1.165, 1.54) is 31.0 Å². The van der Waals surface area contributed by atoms with Gasteiger partial charge < -0.3 is 10.2 Å². The van der Waals surface area contributed by atoms with Crippen LogP contribution in [-0.4, -0.2) is 28.4 Å². The Kier molecular flexibility index (Phi) is 5.12. The fourth-order valence-electron chi connectivity index (χ4n) is 3.38. The van der Waals surface area contributed by atoms with E-state index in [9.17, 15) is 4.79 Å². The number of piperidine rings is 1. The predicted octanol–water partition coefficient (Wildman–Crippen LogP) is 4.63. The monoisotopic (exact) mass is 380 g/mol. The number of halogens is 1. The molecule has 1 aromatic carbocycles. The first kappa shape index (κ1) is 17.6. The third-order valence-corrected chi connectivity index (χ3v) is 5.05. The van der Waals surface area contributed by atoms with E-state index in [0.717, 1.165) is 24.4 Å². The van der Waals surface area contributed by atoms with Gasteiger partial charge in [-0.05, 0) is 61.7 Å². The van der Waals surface area contributed by atoms with Crippen LogP contribution in [0.2, 0.25) is 5.15 Å². The molecule has 4 rings (SSSR count). The molecule has 0 unspecified atom stereocenters. The molecule has 5 nitrogen and oxygen atoms in total. The fraction of sp³-hybridized carbons (Fsp3) is 0.238. The van der Waals surface area contributed by atoms with Gasteiger partial charge >= 0.3 is 0 Å². The normalized spacial score (nSPS) is 14.8. The molecule has 6 heteroatoms. The molecule has 1 amide bonds. The summed E-state index contributed by atoms with van der Waals surface area (Å²) in [5.74, 6) is -0.206. The number of nitrogens with one attached hydrogen (secondary N) is 1. The molecule has 1 aliphatic rings. The van der Waals surface area contributed by atoms with Crippen LogP contribution in [0.5, 0.6) is 0 Å². The zero-order valence-electron chi connectivity index (χ0n) is 14.9. The summed E-state index contributed by atoms with van der Waals surface area (Å²) in [4.78, 5) is 18.9. The van der Waals surface area contributed by atoms with Crippen LogP contribution in [0.1, 0.15) is 25.0 Å². The summed E-state index contributed by atoms with van der Waals surface area (Å²) in [5.41, 5.74) is 3.41. The summed E-state index contributed by atoms with van der Waals surface area (Å²) < 4.78 is 1.85. The van der Waals surface area contributed by atoms with Crippen molar-refractivity contribution < 1.29 is 4.79 Å². The maximum Gasteiger partial charge on any atom is 0.248 e. The molecule has 0 radical (unpaired) electrons. The summed E-state index contributed by atoms with van der Waals surface area (Å²) in [5, 5.41) is 3.26. The number of hydrogen-bond acceptors (Lipinski definition) is 3.